The molecule has 0 fully saturated rings. The molecule has 0 aliphatic rings. The van der Waals surface area contributed by atoms with Crippen LogP contribution in [0.2, 0.25) is 0 Å². The topological polar surface area (TPSA) is 110 Å². The van der Waals surface area contributed by atoms with Crippen LogP contribution in [0.15, 0.2) is 36.4 Å². The monoisotopic (exact) mass is 338 g/mol. The van der Waals surface area contributed by atoms with Crippen LogP contribution < -0.4 is 11.1 Å². The summed E-state index contributed by atoms with van der Waals surface area (Å²) in [5.41, 5.74) is 9.82. The number of carbonyl (C=O) groups excluding carboxylic acids is 1. The smallest absolute Gasteiger partial charge is 0.251 e. The number of nitrogens with zero attached hydrogens (tertiary/aromatic N) is 3. The van der Waals surface area contributed by atoms with Gasteiger partial charge in [-0.3, -0.25) is 9.89 Å². The van der Waals surface area contributed by atoms with E-state index in [0.717, 1.165) is 27.5 Å². The molecule has 2 heterocycles. The van der Waals surface area contributed by atoms with Gasteiger partial charge in [-0.05, 0) is 42.8 Å². The summed E-state index contributed by atoms with van der Waals surface area (Å²) in [5, 5.41) is 10.5. The molecule has 4 aromatic rings. The summed E-state index contributed by atoms with van der Waals surface area (Å²) in [6.07, 6.45) is 0. The van der Waals surface area contributed by atoms with Crippen molar-refractivity contribution in [1.29, 1.82) is 0 Å². The highest BCUT2D eigenvalue weighted by Crippen LogP contribution is 2.21. The second kappa shape index (κ2) is 5.57. The first-order valence-corrected chi connectivity index (χ1v) is 8.11. The quantitative estimate of drug-likeness (QED) is 0.532. The number of H-pyrrole nitrogens is 1. The van der Waals surface area contributed by atoms with Crippen molar-refractivity contribution in [2.75, 3.05) is 5.73 Å². The van der Waals surface area contributed by atoms with Crippen LogP contribution in [-0.2, 0) is 0 Å². The van der Waals surface area contributed by atoms with Gasteiger partial charge < -0.3 is 11.1 Å². The number of amides is 1. The van der Waals surface area contributed by atoms with E-state index < -0.39 is 0 Å². The van der Waals surface area contributed by atoms with E-state index in [1.54, 1.807) is 18.2 Å². The first-order valence-electron chi connectivity index (χ1n) is 7.38. The van der Waals surface area contributed by atoms with Gasteiger partial charge in [0, 0.05) is 10.9 Å². The number of aromatic nitrogens is 4. The molecule has 0 radical (unpaired) electrons. The van der Waals surface area contributed by atoms with Crippen LogP contribution in [0.3, 0.4) is 0 Å². The normalized spacial score (nSPS) is 12.5. The number of hydrogen-bond acceptors (Lipinski definition) is 6. The zero-order valence-electron chi connectivity index (χ0n) is 12.8. The lowest BCUT2D eigenvalue weighted by atomic mass is 10.1. The minimum atomic E-state index is -0.165. The van der Waals surface area contributed by atoms with E-state index >= 15 is 0 Å². The molecule has 2 aromatic heterocycles. The Bertz CT molecular complexity index is 1050. The van der Waals surface area contributed by atoms with Crippen LogP contribution in [0.1, 0.15) is 28.9 Å². The van der Waals surface area contributed by atoms with Crippen LogP contribution >= 0.6 is 11.7 Å². The fourth-order valence-corrected chi connectivity index (χ4v) is 3.12. The summed E-state index contributed by atoms with van der Waals surface area (Å²) < 4.78 is 8.41. The van der Waals surface area contributed by atoms with E-state index in [9.17, 15) is 4.79 Å². The Kier molecular flexibility index (Phi) is 3.39. The van der Waals surface area contributed by atoms with Crippen molar-refractivity contribution in [2.24, 2.45) is 0 Å². The zero-order valence-corrected chi connectivity index (χ0v) is 13.6. The van der Waals surface area contributed by atoms with E-state index in [1.807, 2.05) is 25.1 Å². The molecule has 24 heavy (non-hydrogen) atoms. The van der Waals surface area contributed by atoms with E-state index in [1.165, 1.54) is 11.7 Å². The number of rotatable bonds is 3. The van der Waals surface area contributed by atoms with E-state index in [0.29, 0.717) is 11.4 Å². The number of aromatic amines is 1. The third-order valence-corrected chi connectivity index (χ3v) is 4.54. The Balaban J connectivity index is 1.58. The highest BCUT2D eigenvalue weighted by Gasteiger charge is 2.14. The predicted molar refractivity (Wildman–Crippen MR) is 93.8 cm³/mol. The highest BCUT2D eigenvalue weighted by molar-refractivity contribution is 7.00. The number of hydrogen-bond donors (Lipinski definition) is 3. The Morgan fingerprint density at radius 3 is 2.92 bits per heavy atom. The third-order valence-electron chi connectivity index (χ3n) is 3.98. The number of nitrogen functional groups attached to an aromatic ring is 1. The molecule has 1 amide bonds. The number of carbonyl (C=O) groups is 1. The fourth-order valence-electron chi connectivity index (χ4n) is 2.61. The van der Waals surface area contributed by atoms with Crippen LogP contribution in [0.25, 0.3) is 21.9 Å². The van der Waals surface area contributed by atoms with Crippen molar-refractivity contribution in [3.63, 3.8) is 0 Å². The molecule has 4 rings (SSSR count). The van der Waals surface area contributed by atoms with Gasteiger partial charge in [0.1, 0.15) is 11.0 Å². The van der Waals surface area contributed by atoms with Gasteiger partial charge in [0.2, 0.25) is 0 Å². The molecule has 2 aromatic carbocycles. The largest absolute Gasteiger partial charge is 0.382 e. The highest BCUT2D eigenvalue weighted by atomic mass is 32.1. The summed E-state index contributed by atoms with van der Waals surface area (Å²) in [6.45, 7) is 1.93. The average Bonchev–Trinajstić information content (AvgIpc) is 3.20. The van der Waals surface area contributed by atoms with Crippen molar-refractivity contribution >= 4 is 45.4 Å². The van der Waals surface area contributed by atoms with Crippen molar-refractivity contribution < 1.29 is 4.79 Å². The second-order valence-electron chi connectivity index (χ2n) is 5.58. The van der Waals surface area contributed by atoms with Gasteiger partial charge in [-0.15, -0.1) is 0 Å². The second-order valence-corrected chi connectivity index (χ2v) is 6.11. The van der Waals surface area contributed by atoms with Gasteiger partial charge in [-0.2, -0.15) is 13.8 Å². The third kappa shape index (κ3) is 2.46. The molecular formula is C16H14N6OS. The van der Waals surface area contributed by atoms with Crippen LogP contribution in [0.4, 0.5) is 5.82 Å². The molecule has 0 bridgehead atoms. The Labute approximate surface area is 141 Å². The van der Waals surface area contributed by atoms with Crippen LogP contribution in [0, 0.1) is 0 Å². The predicted octanol–water partition coefficient (Wildman–Crippen LogP) is 2.64. The Morgan fingerprint density at radius 2 is 2.04 bits per heavy atom. The van der Waals surface area contributed by atoms with Crippen molar-refractivity contribution in [3.8, 4) is 0 Å². The van der Waals surface area contributed by atoms with Gasteiger partial charge in [-0.1, -0.05) is 6.07 Å². The van der Waals surface area contributed by atoms with Crippen molar-refractivity contribution in [3.05, 3.63) is 47.5 Å². The lowest BCUT2D eigenvalue weighted by Crippen LogP contribution is -2.26. The van der Waals surface area contributed by atoms with E-state index in [2.05, 4.69) is 24.3 Å². The molecule has 1 atom stereocenters. The summed E-state index contributed by atoms with van der Waals surface area (Å²) in [5.74, 6) is 0.218. The summed E-state index contributed by atoms with van der Waals surface area (Å²) in [6, 6.07) is 10.9. The molecule has 4 N–H and O–H groups in total. The number of nitrogens with two attached hydrogens (primary N) is 1. The number of benzene rings is 2. The van der Waals surface area contributed by atoms with Gasteiger partial charge in [-0.25, -0.2) is 0 Å². The van der Waals surface area contributed by atoms with Crippen LogP contribution in [-0.4, -0.2) is 24.9 Å². The average molecular weight is 338 g/mol. The maximum atomic E-state index is 12.5. The molecule has 0 saturated carbocycles. The molecule has 0 aliphatic heterocycles. The minimum Gasteiger partial charge on any atom is -0.382 e. The lowest BCUT2D eigenvalue weighted by molar-refractivity contribution is 0.0940. The minimum absolute atomic E-state index is 0.152. The number of fused-ring (bicyclic) bond motifs is 2. The van der Waals surface area contributed by atoms with Gasteiger partial charge in [0.05, 0.1) is 23.3 Å². The van der Waals surface area contributed by atoms with Crippen LogP contribution in [0.5, 0.6) is 0 Å². The summed E-state index contributed by atoms with van der Waals surface area (Å²) in [7, 11) is 0. The lowest BCUT2D eigenvalue weighted by Gasteiger charge is -2.14. The van der Waals surface area contributed by atoms with Crippen molar-refractivity contribution in [2.45, 2.75) is 13.0 Å². The number of nitrogens with one attached hydrogen (secondary N) is 2. The summed E-state index contributed by atoms with van der Waals surface area (Å²) in [4.78, 5) is 12.5. The Morgan fingerprint density at radius 1 is 1.21 bits per heavy atom. The molecular weight excluding hydrogens is 324 g/mol. The molecule has 0 saturated heterocycles. The first kappa shape index (κ1) is 14.6. The van der Waals surface area contributed by atoms with Gasteiger partial charge >= 0.3 is 0 Å². The fraction of sp³-hybridized carbons (Fsp3) is 0.125. The summed E-state index contributed by atoms with van der Waals surface area (Å²) >= 11 is 1.18. The van der Waals surface area contributed by atoms with E-state index in [-0.39, 0.29) is 11.9 Å². The SMILES string of the molecule is CC(NC(=O)c1ccc2[nH]nc(N)c2c1)c1ccc2nsnc2c1. The molecule has 8 heteroatoms. The van der Waals surface area contributed by atoms with E-state index in [4.69, 9.17) is 5.73 Å². The van der Waals surface area contributed by atoms with Gasteiger partial charge in [0.25, 0.3) is 5.91 Å². The molecule has 0 aliphatic carbocycles. The number of anilines is 1. The Hall–Kier alpha value is -3.00. The molecule has 1 unspecified atom stereocenters. The maximum absolute atomic E-state index is 12.5. The van der Waals surface area contributed by atoms with Crippen molar-refractivity contribution in [1.82, 2.24) is 24.3 Å². The first-order chi connectivity index (χ1) is 11.6. The zero-order chi connectivity index (χ0) is 16.7. The molecule has 120 valence electrons. The maximum Gasteiger partial charge on any atom is 0.251 e. The van der Waals surface area contributed by atoms with Gasteiger partial charge in [0.15, 0.2) is 5.82 Å². The molecule has 0 spiro atoms. The standard InChI is InChI=1S/C16H14N6OS/c1-8(9-2-5-13-14(7-9)22-24-21-13)18-16(23)10-3-4-12-11(6-10)15(17)20-19-12/h2-8H,1H3,(H,18,23)(H3,17,19,20). The molecule has 7 nitrogen and oxygen atoms in total.